The molecule has 24 heavy (non-hydrogen) atoms. The number of benzene rings is 2. The average Bonchev–Trinajstić information content (AvgIpc) is 2.61. The van der Waals surface area contributed by atoms with Gasteiger partial charge < -0.3 is 15.4 Å². The monoisotopic (exact) mass is 325 g/mol. The highest BCUT2D eigenvalue weighted by atomic mass is 16.5. The fraction of sp³-hybridized carbons (Fsp3) is 0.350. The zero-order valence-electron chi connectivity index (χ0n) is 14.8. The summed E-state index contributed by atoms with van der Waals surface area (Å²) in [7, 11) is 1.79. The van der Waals surface area contributed by atoms with Crippen LogP contribution >= 0.6 is 0 Å². The van der Waals surface area contributed by atoms with Crippen LogP contribution in [0.15, 0.2) is 53.5 Å². The Kier molecular flexibility index (Phi) is 7.30. The minimum absolute atomic E-state index is 0.643. The third kappa shape index (κ3) is 5.70. The van der Waals surface area contributed by atoms with Gasteiger partial charge in [0, 0.05) is 26.7 Å². The number of nitrogens with zero attached hydrogens (tertiary/aromatic N) is 1. The molecule has 0 aliphatic rings. The number of ether oxygens (including phenoxy) is 1. The van der Waals surface area contributed by atoms with Gasteiger partial charge in [0.05, 0.1) is 6.61 Å². The van der Waals surface area contributed by atoms with Crippen molar-refractivity contribution in [1.29, 1.82) is 0 Å². The first-order valence-corrected chi connectivity index (χ1v) is 8.37. The molecule has 128 valence electrons. The summed E-state index contributed by atoms with van der Waals surface area (Å²) in [6, 6.07) is 16.8. The van der Waals surface area contributed by atoms with E-state index in [1.165, 1.54) is 22.3 Å². The van der Waals surface area contributed by atoms with Crippen molar-refractivity contribution in [2.45, 2.75) is 33.5 Å². The number of rotatable bonds is 7. The Balaban J connectivity index is 1.90. The first-order valence-electron chi connectivity index (χ1n) is 8.37. The Bertz CT molecular complexity index is 667. The van der Waals surface area contributed by atoms with Crippen LogP contribution in [-0.2, 0) is 24.4 Å². The van der Waals surface area contributed by atoms with Gasteiger partial charge in [-0.1, -0.05) is 54.1 Å². The van der Waals surface area contributed by atoms with Crippen LogP contribution in [0, 0.1) is 6.92 Å². The van der Waals surface area contributed by atoms with E-state index in [2.05, 4.69) is 65.0 Å². The van der Waals surface area contributed by atoms with Crippen molar-refractivity contribution in [2.75, 3.05) is 13.7 Å². The number of hydrogen-bond donors (Lipinski definition) is 2. The van der Waals surface area contributed by atoms with Gasteiger partial charge in [0.1, 0.15) is 0 Å². The second-order valence-electron chi connectivity index (χ2n) is 5.67. The van der Waals surface area contributed by atoms with Crippen molar-refractivity contribution in [3.8, 4) is 0 Å². The number of aryl methyl sites for hydroxylation is 1. The largest absolute Gasteiger partial charge is 0.377 e. The fourth-order valence-corrected chi connectivity index (χ4v) is 2.49. The molecular formula is C20H27N3O. The highest BCUT2D eigenvalue weighted by Crippen LogP contribution is 2.10. The van der Waals surface area contributed by atoms with Crippen LogP contribution in [-0.4, -0.2) is 19.6 Å². The number of nitrogens with one attached hydrogen (secondary N) is 2. The Labute approximate surface area is 145 Å². The zero-order valence-corrected chi connectivity index (χ0v) is 14.8. The summed E-state index contributed by atoms with van der Waals surface area (Å²) in [4.78, 5) is 4.30. The molecule has 0 unspecified atom stereocenters. The quantitative estimate of drug-likeness (QED) is 0.606. The van der Waals surface area contributed by atoms with Gasteiger partial charge in [0.15, 0.2) is 5.96 Å². The average molecular weight is 325 g/mol. The van der Waals surface area contributed by atoms with Crippen molar-refractivity contribution in [2.24, 2.45) is 4.99 Å². The van der Waals surface area contributed by atoms with Gasteiger partial charge in [-0.2, -0.15) is 0 Å². The highest BCUT2D eigenvalue weighted by molar-refractivity contribution is 5.79. The molecule has 0 radical (unpaired) electrons. The summed E-state index contributed by atoms with van der Waals surface area (Å²) in [6.45, 7) is 6.95. The minimum atomic E-state index is 0.643. The number of hydrogen-bond acceptors (Lipinski definition) is 2. The van der Waals surface area contributed by atoms with Crippen LogP contribution in [0.1, 0.15) is 29.2 Å². The third-order valence-electron chi connectivity index (χ3n) is 3.79. The molecule has 4 heteroatoms. The third-order valence-corrected chi connectivity index (χ3v) is 3.79. The summed E-state index contributed by atoms with van der Waals surface area (Å²) < 4.78 is 5.54. The summed E-state index contributed by atoms with van der Waals surface area (Å²) in [6.07, 6.45) is 0. The highest BCUT2D eigenvalue weighted by Gasteiger charge is 2.04. The molecule has 2 N–H and O–H groups in total. The van der Waals surface area contributed by atoms with Crippen molar-refractivity contribution in [3.63, 3.8) is 0 Å². The summed E-state index contributed by atoms with van der Waals surface area (Å²) in [5, 5.41) is 6.72. The van der Waals surface area contributed by atoms with Crippen LogP contribution in [0.2, 0.25) is 0 Å². The molecule has 0 amide bonds. The molecule has 2 aromatic carbocycles. The van der Waals surface area contributed by atoms with E-state index in [4.69, 9.17) is 4.74 Å². The van der Waals surface area contributed by atoms with Gasteiger partial charge in [0.25, 0.3) is 0 Å². The Morgan fingerprint density at radius 2 is 1.75 bits per heavy atom. The van der Waals surface area contributed by atoms with Gasteiger partial charge in [-0.3, -0.25) is 4.99 Å². The van der Waals surface area contributed by atoms with Gasteiger partial charge in [-0.15, -0.1) is 0 Å². The molecule has 0 fully saturated rings. The Hall–Kier alpha value is -2.33. The molecule has 0 aromatic heterocycles. The summed E-state index contributed by atoms with van der Waals surface area (Å²) >= 11 is 0. The molecule has 0 heterocycles. The predicted molar refractivity (Wildman–Crippen MR) is 100.0 cm³/mol. The lowest BCUT2D eigenvalue weighted by Gasteiger charge is -2.14. The van der Waals surface area contributed by atoms with Crippen LogP contribution in [0.3, 0.4) is 0 Å². The number of aliphatic imine (C=N–C) groups is 1. The van der Waals surface area contributed by atoms with E-state index < -0.39 is 0 Å². The molecule has 4 nitrogen and oxygen atoms in total. The van der Waals surface area contributed by atoms with Crippen LogP contribution in [0.5, 0.6) is 0 Å². The van der Waals surface area contributed by atoms with E-state index in [0.29, 0.717) is 6.61 Å². The van der Waals surface area contributed by atoms with Crippen molar-refractivity contribution < 1.29 is 4.74 Å². The summed E-state index contributed by atoms with van der Waals surface area (Å²) in [5.74, 6) is 0.794. The minimum Gasteiger partial charge on any atom is -0.377 e. The standard InChI is InChI=1S/C20H27N3O/c1-4-24-15-19-11-6-5-10-18(19)14-23-20(21-3)22-13-17-9-7-8-16(2)12-17/h5-12H,4,13-15H2,1-3H3,(H2,21,22,23). The van der Waals surface area contributed by atoms with E-state index >= 15 is 0 Å². The first-order chi connectivity index (χ1) is 11.7. The maximum absolute atomic E-state index is 5.54. The van der Waals surface area contributed by atoms with Crippen LogP contribution in [0.4, 0.5) is 0 Å². The molecule has 0 aliphatic carbocycles. The second kappa shape index (κ2) is 9.73. The second-order valence-corrected chi connectivity index (χ2v) is 5.67. The lowest BCUT2D eigenvalue weighted by atomic mass is 10.1. The molecule has 0 saturated heterocycles. The maximum Gasteiger partial charge on any atom is 0.191 e. The molecular weight excluding hydrogens is 298 g/mol. The first kappa shape index (κ1) is 18.0. The van der Waals surface area contributed by atoms with Gasteiger partial charge >= 0.3 is 0 Å². The zero-order chi connectivity index (χ0) is 17.2. The van der Waals surface area contributed by atoms with Crippen molar-refractivity contribution in [3.05, 3.63) is 70.8 Å². The van der Waals surface area contributed by atoms with Crippen molar-refractivity contribution >= 4 is 5.96 Å². The molecule has 0 saturated carbocycles. The fourth-order valence-electron chi connectivity index (χ4n) is 2.49. The molecule has 0 bridgehead atoms. The van der Waals surface area contributed by atoms with E-state index in [-0.39, 0.29) is 0 Å². The van der Waals surface area contributed by atoms with E-state index in [1.54, 1.807) is 7.05 Å². The van der Waals surface area contributed by atoms with Gasteiger partial charge in [-0.05, 0) is 30.5 Å². The molecule has 0 spiro atoms. The number of guanidine groups is 1. The smallest absolute Gasteiger partial charge is 0.191 e. The summed E-state index contributed by atoms with van der Waals surface area (Å²) in [5.41, 5.74) is 4.95. The SMILES string of the molecule is CCOCc1ccccc1CNC(=NC)NCc1cccc(C)c1. The van der Waals surface area contributed by atoms with Gasteiger partial charge in [0.2, 0.25) is 0 Å². The van der Waals surface area contributed by atoms with E-state index in [1.807, 2.05) is 13.0 Å². The van der Waals surface area contributed by atoms with E-state index in [0.717, 1.165) is 25.7 Å². The Morgan fingerprint density at radius 3 is 2.46 bits per heavy atom. The topological polar surface area (TPSA) is 45.6 Å². The van der Waals surface area contributed by atoms with E-state index in [9.17, 15) is 0 Å². The van der Waals surface area contributed by atoms with Crippen LogP contribution < -0.4 is 10.6 Å². The van der Waals surface area contributed by atoms with Gasteiger partial charge in [-0.25, -0.2) is 0 Å². The van der Waals surface area contributed by atoms with Crippen molar-refractivity contribution in [1.82, 2.24) is 10.6 Å². The lowest BCUT2D eigenvalue weighted by molar-refractivity contribution is 0.133. The van der Waals surface area contributed by atoms with Crippen LogP contribution in [0.25, 0.3) is 0 Å². The Morgan fingerprint density at radius 1 is 1.00 bits per heavy atom. The normalized spacial score (nSPS) is 11.4. The molecule has 2 rings (SSSR count). The maximum atomic E-state index is 5.54. The predicted octanol–water partition coefficient (Wildman–Crippen LogP) is 3.40. The molecule has 0 aliphatic heterocycles. The molecule has 0 atom stereocenters. The molecule has 2 aromatic rings. The lowest BCUT2D eigenvalue weighted by Crippen LogP contribution is -2.36.